The first-order valence-corrected chi connectivity index (χ1v) is 7.91. The lowest BCUT2D eigenvalue weighted by atomic mass is 10.1. The third kappa shape index (κ3) is 5.73. The summed E-state index contributed by atoms with van der Waals surface area (Å²) in [6.07, 6.45) is 0. The number of esters is 3. The van der Waals surface area contributed by atoms with Gasteiger partial charge in [-0.05, 0) is 43.3 Å². The minimum atomic E-state index is -0.765. The van der Waals surface area contributed by atoms with E-state index in [4.69, 9.17) is 14.7 Å². The highest BCUT2D eigenvalue weighted by atomic mass is 17.1. The van der Waals surface area contributed by atoms with Gasteiger partial charge in [-0.15, -0.1) is 0 Å². The van der Waals surface area contributed by atoms with Crippen molar-refractivity contribution in [1.29, 1.82) is 0 Å². The van der Waals surface area contributed by atoms with Crippen molar-refractivity contribution < 1.29 is 43.5 Å². The van der Waals surface area contributed by atoms with Gasteiger partial charge in [0.25, 0.3) is 0 Å². The first-order valence-electron chi connectivity index (χ1n) is 7.91. The molecule has 146 valence electrons. The number of ether oxygens (including phenoxy) is 3. The average Bonchev–Trinajstić information content (AvgIpc) is 2.71. The largest absolute Gasteiger partial charge is 0.432 e. The van der Waals surface area contributed by atoms with Gasteiger partial charge in [0.1, 0.15) is 0 Å². The molecule has 1 N–H and O–H groups in total. The maximum Gasteiger partial charge on any atom is 0.340 e. The molecular weight excluding hydrogens is 372 g/mol. The van der Waals surface area contributed by atoms with Crippen LogP contribution >= 0.6 is 0 Å². The van der Waals surface area contributed by atoms with Crippen molar-refractivity contribution >= 4 is 23.7 Å². The summed E-state index contributed by atoms with van der Waals surface area (Å²) in [7, 11) is 0. The van der Waals surface area contributed by atoms with Gasteiger partial charge in [0, 0.05) is 5.56 Å². The number of rotatable bonds is 8. The fourth-order valence-electron chi connectivity index (χ4n) is 2.05. The molecule has 0 atom stereocenters. The number of carbonyl (C=O) groups is 4. The molecule has 0 heterocycles. The van der Waals surface area contributed by atoms with E-state index in [1.165, 1.54) is 55.5 Å². The quantitative estimate of drug-likeness (QED) is 0.239. The zero-order chi connectivity index (χ0) is 20.5. The van der Waals surface area contributed by atoms with Crippen LogP contribution in [-0.2, 0) is 19.1 Å². The van der Waals surface area contributed by atoms with Crippen LogP contribution in [0.15, 0.2) is 48.5 Å². The normalized spacial score (nSPS) is 10.1. The predicted molar refractivity (Wildman–Crippen MR) is 92.6 cm³/mol. The molecule has 0 fully saturated rings. The van der Waals surface area contributed by atoms with Crippen LogP contribution in [0.3, 0.4) is 0 Å². The van der Waals surface area contributed by atoms with Crippen LogP contribution in [0.2, 0.25) is 0 Å². The highest BCUT2D eigenvalue weighted by Gasteiger charge is 2.13. The monoisotopic (exact) mass is 388 g/mol. The summed E-state index contributed by atoms with van der Waals surface area (Å²) in [6, 6.07) is 11.1. The average molecular weight is 388 g/mol. The Morgan fingerprint density at radius 2 is 0.964 bits per heavy atom. The summed E-state index contributed by atoms with van der Waals surface area (Å²) in [5.41, 5.74) is 0.917. The number of Topliss-reactive ketones (excluding diaryl/α,β-unsaturated/α-hetero) is 1. The number of hydrogen-bond acceptors (Lipinski definition) is 9. The van der Waals surface area contributed by atoms with Crippen molar-refractivity contribution in [2.45, 2.75) is 6.92 Å². The first-order chi connectivity index (χ1) is 13.4. The van der Waals surface area contributed by atoms with Crippen molar-refractivity contribution in [3.63, 3.8) is 0 Å². The minimum absolute atomic E-state index is 0.122. The van der Waals surface area contributed by atoms with Crippen LogP contribution in [0.5, 0.6) is 0 Å². The molecule has 0 unspecified atom stereocenters. The molecule has 0 aliphatic carbocycles. The Labute approximate surface area is 159 Å². The lowest BCUT2D eigenvalue weighted by molar-refractivity contribution is -0.284. The van der Waals surface area contributed by atoms with Crippen molar-refractivity contribution in [2.75, 3.05) is 13.6 Å². The topological polar surface area (TPSA) is 125 Å². The number of benzene rings is 2. The number of hydrogen-bond donors (Lipinski definition) is 1. The number of carbonyl (C=O) groups excluding carboxylic acids is 4. The van der Waals surface area contributed by atoms with Gasteiger partial charge in [-0.25, -0.2) is 19.6 Å². The minimum Gasteiger partial charge on any atom is -0.432 e. The smallest absolute Gasteiger partial charge is 0.340 e. The molecule has 0 spiro atoms. The van der Waals surface area contributed by atoms with E-state index in [0.717, 1.165) is 0 Å². The molecule has 0 bridgehead atoms. The summed E-state index contributed by atoms with van der Waals surface area (Å²) in [5.74, 6) is -2.36. The summed E-state index contributed by atoms with van der Waals surface area (Å²) < 4.78 is 14.2. The van der Waals surface area contributed by atoms with Gasteiger partial charge in [-0.2, -0.15) is 4.89 Å². The van der Waals surface area contributed by atoms with Gasteiger partial charge in [0.2, 0.25) is 13.6 Å². The maximum atomic E-state index is 11.9. The lowest BCUT2D eigenvalue weighted by Gasteiger charge is -2.07. The van der Waals surface area contributed by atoms with E-state index in [-0.39, 0.29) is 22.5 Å². The Morgan fingerprint density at radius 1 is 0.643 bits per heavy atom. The molecule has 0 radical (unpaired) electrons. The zero-order valence-corrected chi connectivity index (χ0v) is 14.7. The maximum absolute atomic E-state index is 11.9. The van der Waals surface area contributed by atoms with E-state index in [1.54, 1.807) is 0 Å². The molecule has 0 aliphatic rings. The zero-order valence-electron chi connectivity index (χ0n) is 14.7. The molecule has 0 aromatic heterocycles. The third-order valence-corrected chi connectivity index (χ3v) is 3.51. The Bertz CT molecular complexity index is 854. The van der Waals surface area contributed by atoms with Gasteiger partial charge in [0.15, 0.2) is 5.78 Å². The SMILES string of the molecule is CC(=O)c1ccc(C(=O)OCOC(=O)c2ccc(C(=O)OCOO)cc2)cc1. The first kappa shape index (κ1) is 20.7. The summed E-state index contributed by atoms with van der Waals surface area (Å²) in [4.78, 5) is 50.1. The van der Waals surface area contributed by atoms with Crippen LogP contribution in [0.25, 0.3) is 0 Å². The van der Waals surface area contributed by atoms with Crippen molar-refractivity contribution in [3.05, 3.63) is 70.8 Å². The second-order valence-corrected chi connectivity index (χ2v) is 5.37. The van der Waals surface area contributed by atoms with Crippen LogP contribution in [0.1, 0.15) is 48.4 Å². The second kappa shape index (κ2) is 9.95. The number of ketones is 1. The Morgan fingerprint density at radius 3 is 1.29 bits per heavy atom. The van der Waals surface area contributed by atoms with Crippen LogP contribution in [-0.4, -0.2) is 42.5 Å². The van der Waals surface area contributed by atoms with E-state index < -0.39 is 31.5 Å². The van der Waals surface area contributed by atoms with E-state index in [2.05, 4.69) is 9.62 Å². The third-order valence-electron chi connectivity index (χ3n) is 3.51. The molecule has 28 heavy (non-hydrogen) atoms. The standard InChI is InChI=1S/C19H16O9/c1-12(20)13-2-4-14(5-3-13)17(21)25-10-26-18(22)15-6-8-16(9-7-15)19(23)27-11-28-24/h2-9,24H,10-11H2,1H3. The van der Waals surface area contributed by atoms with Gasteiger partial charge >= 0.3 is 17.9 Å². The molecule has 0 saturated heterocycles. The summed E-state index contributed by atoms with van der Waals surface area (Å²) >= 11 is 0. The van der Waals surface area contributed by atoms with Crippen molar-refractivity contribution in [3.8, 4) is 0 Å². The molecule has 9 heteroatoms. The Balaban J connectivity index is 1.84. The highest BCUT2D eigenvalue weighted by molar-refractivity contribution is 5.96. The van der Waals surface area contributed by atoms with Gasteiger partial charge in [-0.1, -0.05) is 12.1 Å². The fraction of sp³-hybridized carbons (Fsp3) is 0.158. The Hall–Kier alpha value is -3.56. The van der Waals surface area contributed by atoms with Crippen LogP contribution in [0, 0.1) is 0 Å². The van der Waals surface area contributed by atoms with E-state index in [9.17, 15) is 19.2 Å². The molecule has 2 rings (SSSR count). The molecule has 0 amide bonds. The second-order valence-electron chi connectivity index (χ2n) is 5.37. The van der Waals surface area contributed by atoms with Gasteiger partial charge < -0.3 is 14.2 Å². The van der Waals surface area contributed by atoms with E-state index in [0.29, 0.717) is 5.56 Å². The van der Waals surface area contributed by atoms with Crippen LogP contribution in [0.4, 0.5) is 0 Å². The van der Waals surface area contributed by atoms with Crippen molar-refractivity contribution in [1.82, 2.24) is 0 Å². The highest BCUT2D eigenvalue weighted by Crippen LogP contribution is 2.09. The van der Waals surface area contributed by atoms with Gasteiger partial charge in [0.05, 0.1) is 16.7 Å². The van der Waals surface area contributed by atoms with E-state index in [1.807, 2.05) is 0 Å². The Kier molecular flexibility index (Phi) is 7.37. The van der Waals surface area contributed by atoms with Gasteiger partial charge in [-0.3, -0.25) is 4.79 Å². The molecule has 2 aromatic carbocycles. The molecule has 9 nitrogen and oxygen atoms in total. The fourth-order valence-corrected chi connectivity index (χ4v) is 2.05. The molecule has 0 saturated carbocycles. The molecular formula is C19H16O9. The lowest BCUT2D eigenvalue weighted by Crippen LogP contribution is -2.13. The molecule has 0 aliphatic heterocycles. The predicted octanol–water partition coefficient (Wildman–Crippen LogP) is 2.46. The molecule has 2 aromatic rings. The van der Waals surface area contributed by atoms with Crippen LogP contribution < -0.4 is 0 Å². The summed E-state index contributed by atoms with van der Waals surface area (Å²) in [5, 5.41) is 8.12. The van der Waals surface area contributed by atoms with E-state index >= 15 is 0 Å². The summed E-state index contributed by atoms with van der Waals surface area (Å²) in [6.45, 7) is 0.182. The van der Waals surface area contributed by atoms with Crippen molar-refractivity contribution in [2.24, 2.45) is 0 Å².